The molecule has 0 aliphatic rings. The summed E-state index contributed by atoms with van der Waals surface area (Å²) >= 11 is 8.63. The molecule has 0 aliphatic heterocycles. The Morgan fingerprint density at radius 3 is 2.50 bits per heavy atom. The summed E-state index contributed by atoms with van der Waals surface area (Å²) in [5.41, 5.74) is 1.74. The average molecular weight is 293 g/mol. The maximum absolute atomic E-state index is 5.25. The van der Waals surface area contributed by atoms with Crippen LogP contribution in [0.1, 0.15) is 5.69 Å². The van der Waals surface area contributed by atoms with Crippen molar-refractivity contribution in [1.82, 2.24) is 4.98 Å². The molecular formula is C12H9BrN2S. The normalized spacial score (nSPS) is 9.81. The fraction of sp³-hybridized carbons (Fsp3) is 0. The third-order valence-electron chi connectivity index (χ3n) is 2.00. The summed E-state index contributed by atoms with van der Waals surface area (Å²) in [6.45, 7) is 0. The highest BCUT2D eigenvalue weighted by Gasteiger charge is 2.01. The highest BCUT2D eigenvalue weighted by Crippen LogP contribution is 2.14. The van der Waals surface area contributed by atoms with Crippen LogP contribution in [-0.4, -0.2) is 9.97 Å². The van der Waals surface area contributed by atoms with Crippen molar-refractivity contribution in [2.45, 2.75) is 0 Å². The van der Waals surface area contributed by atoms with Gasteiger partial charge in [-0.25, -0.2) is 0 Å². The second-order valence-corrected chi connectivity index (χ2v) is 4.50. The molecule has 1 aromatic heterocycles. The minimum Gasteiger partial charge on any atom is -0.345 e. The van der Waals surface area contributed by atoms with Crippen LogP contribution in [0.3, 0.4) is 0 Å². The number of benzene rings is 1. The Kier molecular flexibility index (Phi) is 3.64. The van der Waals surface area contributed by atoms with E-state index in [0.29, 0.717) is 4.99 Å². The fourth-order valence-electron chi connectivity index (χ4n) is 1.23. The Labute approximate surface area is 108 Å². The number of pyridine rings is 1. The first-order chi connectivity index (χ1) is 7.75. The van der Waals surface area contributed by atoms with Gasteiger partial charge in [-0.2, -0.15) is 0 Å². The Balaban J connectivity index is 2.11. The van der Waals surface area contributed by atoms with Gasteiger partial charge in [0, 0.05) is 16.4 Å². The first kappa shape index (κ1) is 11.2. The lowest BCUT2D eigenvalue weighted by molar-refractivity contribution is 1.30. The van der Waals surface area contributed by atoms with Crippen LogP contribution in [-0.2, 0) is 0 Å². The maximum atomic E-state index is 5.25. The quantitative estimate of drug-likeness (QED) is 0.856. The number of hydrogen-bond acceptors (Lipinski definition) is 2. The van der Waals surface area contributed by atoms with Crippen LogP contribution in [0, 0.1) is 0 Å². The van der Waals surface area contributed by atoms with E-state index in [9.17, 15) is 0 Å². The van der Waals surface area contributed by atoms with Crippen LogP contribution in [0.4, 0.5) is 5.69 Å². The number of aromatic nitrogens is 1. The Morgan fingerprint density at radius 1 is 1.12 bits per heavy atom. The molecule has 2 rings (SSSR count). The maximum Gasteiger partial charge on any atom is 0.129 e. The van der Waals surface area contributed by atoms with Crippen molar-refractivity contribution < 1.29 is 0 Å². The van der Waals surface area contributed by atoms with Gasteiger partial charge >= 0.3 is 0 Å². The standard InChI is InChI=1S/C12H9BrN2S/c13-9-4-6-10(7-5-9)15-12(16)11-3-1-2-8-14-11/h1-8H,(H,15,16). The molecule has 16 heavy (non-hydrogen) atoms. The summed E-state index contributed by atoms with van der Waals surface area (Å²) in [4.78, 5) is 4.81. The van der Waals surface area contributed by atoms with E-state index in [2.05, 4.69) is 26.2 Å². The smallest absolute Gasteiger partial charge is 0.129 e. The SMILES string of the molecule is S=C(Nc1ccc(Br)cc1)c1ccccn1. The molecule has 0 saturated heterocycles. The summed E-state index contributed by atoms with van der Waals surface area (Å²) in [6.07, 6.45) is 1.73. The molecule has 4 heteroatoms. The predicted octanol–water partition coefficient (Wildman–Crippen LogP) is 3.63. The van der Waals surface area contributed by atoms with Gasteiger partial charge in [0.05, 0.1) is 5.69 Å². The lowest BCUT2D eigenvalue weighted by atomic mass is 10.3. The van der Waals surface area contributed by atoms with E-state index in [0.717, 1.165) is 15.9 Å². The van der Waals surface area contributed by atoms with Crippen molar-refractivity contribution in [2.75, 3.05) is 5.32 Å². The highest BCUT2D eigenvalue weighted by molar-refractivity contribution is 9.10. The molecule has 2 aromatic rings. The van der Waals surface area contributed by atoms with Gasteiger partial charge in [-0.3, -0.25) is 4.98 Å². The molecule has 0 saturated carbocycles. The summed E-state index contributed by atoms with van der Waals surface area (Å²) < 4.78 is 1.04. The van der Waals surface area contributed by atoms with Crippen LogP contribution in [0.2, 0.25) is 0 Å². The first-order valence-corrected chi connectivity index (χ1v) is 5.94. The molecule has 0 fully saturated rings. The zero-order chi connectivity index (χ0) is 11.4. The molecule has 1 heterocycles. The van der Waals surface area contributed by atoms with E-state index in [1.54, 1.807) is 6.20 Å². The van der Waals surface area contributed by atoms with Crippen molar-refractivity contribution in [3.63, 3.8) is 0 Å². The van der Waals surface area contributed by atoms with Gasteiger partial charge in [-0.05, 0) is 36.4 Å². The van der Waals surface area contributed by atoms with E-state index >= 15 is 0 Å². The van der Waals surface area contributed by atoms with E-state index in [1.807, 2.05) is 42.5 Å². The van der Waals surface area contributed by atoms with Crippen molar-refractivity contribution in [2.24, 2.45) is 0 Å². The second kappa shape index (κ2) is 5.18. The minimum absolute atomic E-state index is 0.628. The number of rotatable bonds is 2. The van der Waals surface area contributed by atoms with Gasteiger partial charge in [0.1, 0.15) is 4.99 Å². The first-order valence-electron chi connectivity index (χ1n) is 4.73. The molecule has 0 spiro atoms. The summed E-state index contributed by atoms with van der Waals surface area (Å²) in [6, 6.07) is 13.5. The van der Waals surface area contributed by atoms with Crippen molar-refractivity contribution in [3.8, 4) is 0 Å². The zero-order valence-corrected chi connectivity index (χ0v) is 10.8. The molecule has 2 nitrogen and oxygen atoms in total. The molecular weight excluding hydrogens is 284 g/mol. The topological polar surface area (TPSA) is 24.9 Å². The zero-order valence-electron chi connectivity index (χ0n) is 8.35. The summed E-state index contributed by atoms with van der Waals surface area (Å²) in [5, 5.41) is 3.13. The monoisotopic (exact) mass is 292 g/mol. The van der Waals surface area contributed by atoms with Crippen LogP contribution in [0.5, 0.6) is 0 Å². The molecule has 0 amide bonds. The van der Waals surface area contributed by atoms with Crippen LogP contribution < -0.4 is 5.32 Å². The van der Waals surface area contributed by atoms with E-state index in [1.165, 1.54) is 0 Å². The van der Waals surface area contributed by atoms with Gasteiger partial charge in [0.15, 0.2) is 0 Å². The van der Waals surface area contributed by atoms with Gasteiger partial charge in [0.25, 0.3) is 0 Å². The predicted molar refractivity (Wildman–Crippen MR) is 73.7 cm³/mol. The molecule has 0 atom stereocenters. The van der Waals surface area contributed by atoms with Gasteiger partial charge in [-0.15, -0.1) is 0 Å². The van der Waals surface area contributed by atoms with Gasteiger partial charge < -0.3 is 5.32 Å². The number of nitrogens with one attached hydrogen (secondary N) is 1. The molecule has 0 aliphatic carbocycles. The molecule has 1 aromatic carbocycles. The van der Waals surface area contributed by atoms with Crippen LogP contribution in [0.15, 0.2) is 53.1 Å². The van der Waals surface area contributed by atoms with Crippen molar-refractivity contribution >= 4 is 38.8 Å². The number of halogens is 1. The van der Waals surface area contributed by atoms with E-state index in [4.69, 9.17) is 12.2 Å². The minimum atomic E-state index is 0.628. The summed E-state index contributed by atoms with van der Waals surface area (Å²) in [7, 11) is 0. The summed E-state index contributed by atoms with van der Waals surface area (Å²) in [5.74, 6) is 0. The Bertz CT molecular complexity index is 482. The fourth-order valence-corrected chi connectivity index (χ4v) is 1.73. The Hall–Kier alpha value is -1.26. The number of nitrogens with zero attached hydrogens (tertiary/aromatic N) is 1. The lowest BCUT2D eigenvalue weighted by Gasteiger charge is -2.06. The largest absolute Gasteiger partial charge is 0.345 e. The molecule has 80 valence electrons. The van der Waals surface area contributed by atoms with Gasteiger partial charge in [-0.1, -0.05) is 34.2 Å². The third-order valence-corrected chi connectivity index (χ3v) is 2.84. The van der Waals surface area contributed by atoms with Gasteiger partial charge in [0.2, 0.25) is 0 Å². The molecule has 0 unspecified atom stereocenters. The number of hydrogen-bond donors (Lipinski definition) is 1. The number of thiocarbonyl (C=S) groups is 1. The highest BCUT2D eigenvalue weighted by atomic mass is 79.9. The van der Waals surface area contributed by atoms with Crippen LogP contribution in [0.25, 0.3) is 0 Å². The lowest BCUT2D eigenvalue weighted by Crippen LogP contribution is -2.11. The van der Waals surface area contributed by atoms with Crippen LogP contribution >= 0.6 is 28.1 Å². The molecule has 1 N–H and O–H groups in total. The number of anilines is 1. The molecule has 0 radical (unpaired) electrons. The van der Waals surface area contributed by atoms with Crippen molar-refractivity contribution in [1.29, 1.82) is 0 Å². The average Bonchev–Trinajstić information content (AvgIpc) is 2.33. The second-order valence-electron chi connectivity index (χ2n) is 3.18. The molecule has 0 bridgehead atoms. The Morgan fingerprint density at radius 2 is 1.88 bits per heavy atom. The van der Waals surface area contributed by atoms with Crippen molar-refractivity contribution in [3.05, 3.63) is 58.8 Å². The van der Waals surface area contributed by atoms with E-state index < -0.39 is 0 Å². The van der Waals surface area contributed by atoms with E-state index in [-0.39, 0.29) is 0 Å². The third kappa shape index (κ3) is 2.87.